The summed E-state index contributed by atoms with van der Waals surface area (Å²) in [4.78, 5) is 24.1. The molecular formula is C12H24N2O5S. The second-order valence-corrected chi connectivity index (χ2v) is 7.73. The number of likely N-dealkylation sites (N-methyl/N-ethyl adjacent to an activating group) is 1. The van der Waals surface area contributed by atoms with Gasteiger partial charge < -0.3 is 10.0 Å². The van der Waals surface area contributed by atoms with Gasteiger partial charge in [-0.25, -0.2) is 13.1 Å². The zero-order valence-electron chi connectivity index (χ0n) is 12.6. The Morgan fingerprint density at radius 3 is 2.15 bits per heavy atom. The van der Waals surface area contributed by atoms with Crippen LogP contribution in [0.25, 0.3) is 0 Å². The lowest BCUT2D eigenvalue weighted by molar-refractivity contribution is -0.138. The van der Waals surface area contributed by atoms with Crippen LogP contribution >= 0.6 is 0 Å². The van der Waals surface area contributed by atoms with Crippen molar-refractivity contribution >= 4 is 21.9 Å². The SMILES string of the molecule is CN(CCCC(=O)O)C(=O)C(NS(C)(=O)=O)C(C)(C)C. The van der Waals surface area contributed by atoms with Gasteiger partial charge in [-0.1, -0.05) is 20.8 Å². The molecule has 118 valence electrons. The lowest BCUT2D eigenvalue weighted by Gasteiger charge is -2.32. The van der Waals surface area contributed by atoms with Gasteiger partial charge in [-0.3, -0.25) is 9.59 Å². The molecule has 1 amide bonds. The van der Waals surface area contributed by atoms with Crippen LogP contribution in [0.3, 0.4) is 0 Å². The van der Waals surface area contributed by atoms with Crippen LogP contribution < -0.4 is 4.72 Å². The number of carbonyl (C=O) groups excluding carboxylic acids is 1. The number of carbonyl (C=O) groups is 2. The smallest absolute Gasteiger partial charge is 0.303 e. The lowest BCUT2D eigenvalue weighted by atomic mass is 9.86. The molecule has 8 heteroatoms. The standard InChI is InChI=1S/C12H24N2O5S/c1-12(2,3)10(13-20(5,18)19)11(17)14(4)8-6-7-9(15)16/h10,13H,6-8H2,1-5H3,(H,15,16). The van der Waals surface area contributed by atoms with Crippen LogP contribution in [-0.2, 0) is 19.6 Å². The number of nitrogens with zero attached hydrogens (tertiary/aromatic N) is 1. The third-order valence-electron chi connectivity index (χ3n) is 2.71. The Bertz CT molecular complexity index is 453. The number of hydrogen-bond donors (Lipinski definition) is 2. The minimum absolute atomic E-state index is 0.0304. The summed E-state index contributed by atoms with van der Waals surface area (Å²) < 4.78 is 25.1. The van der Waals surface area contributed by atoms with Gasteiger partial charge >= 0.3 is 5.97 Å². The number of nitrogens with one attached hydrogen (secondary N) is 1. The fourth-order valence-corrected chi connectivity index (χ4v) is 2.49. The molecule has 0 fully saturated rings. The van der Waals surface area contributed by atoms with E-state index in [0.717, 1.165) is 6.26 Å². The van der Waals surface area contributed by atoms with Gasteiger partial charge in [-0.2, -0.15) is 0 Å². The van der Waals surface area contributed by atoms with Crippen LogP contribution in [0.2, 0.25) is 0 Å². The maximum Gasteiger partial charge on any atom is 0.303 e. The fraction of sp³-hybridized carbons (Fsp3) is 0.833. The topological polar surface area (TPSA) is 104 Å². The van der Waals surface area contributed by atoms with Crippen molar-refractivity contribution in [1.29, 1.82) is 0 Å². The maximum atomic E-state index is 12.3. The van der Waals surface area contributed by atoms with Gasteiger partial charge in [-0.15, -0.1) is 0 Å². The summed E-state index contributed by atoms with van der Waals surface area (Å²) in [6.07, 6.45) is 1.30. The highest BCUT2D eigenvalue weighted by Gasteiger charge is 2.35. The van der Waals surface area contributed by atoms with Crippen molar-refractivity contribution in [2.24, 2.45) is 5.41 Å². The number of hydrogen-bond acceptors (Lipinski definition) is 4. The number of amides is 1. The monoisotopic (exact) mass is 308 g/mol. The number of carboxylic acids is 1. The Kier molecular flexibility index (Phi) is 6.63. The van der Waals surface area contributed by atoms with E-state index in [1.54, 1.807) is 20.8 Å². The fourth-order valence-electron chi connectivity index (χ4n) is 1.61. The predicted octanol–water partition coefficient (Wildman–Crippen LogP) is 0.274. The van der Waals surface area contributed by atoms with E-state index in [0.29, 0.717) is 6.42 Å². The molecule has 0 saturated carbocycles. The first kappa shape index (κ1) is 18.9. The van der Waals surface area contributed by atoms with Crippen molar-refractivity contribution in [2.45, 2.75) is 39.7 Å². The highest BCUT2D eigenvalue weighted by atomic mass is 32.2. The Balaban J connectivity index is 4.83. The molecule has 1 atom stereocenters. The molecular weight excluding hydrogens is 284 g/mol. The third-order valence-corrected chi connectivity index (χ3v) is 3.37. The highest BCUT2D eigenvalue weighted by Crippen LogP contribution is 2.21. The summed E-state index contributed by atoms with van der Waals surface area (Å²) in [5.41, 5.74) is -0.582. The molecule has 0 aromatic heterocycles. The largest absolute Gasteiger partial charge is 0.481 e. The summed E-state index contributed by atoms with van der Waals surface area (Å²) in [5.74, 6) is -1.29. The highest BCUT2D eigenvalue weighted by molar-refractivity contribution is 7.88. The third kappa shape index (κ3) is 7.44. The Hall–Kier alpha value is -1.15. The van der Waals surface area contributed by atoms with Gasteiger partial charge in [0.15, 0.2) is 0 Å². The van der Waals surface area contributed by atoms with Crippen LogP contribution in [-0.4, -0.2) is 56.2 Å². The molecule has 0 heterocycles. The summed E-state index contributed by atoms with van der Waals surface area (Å²) >= 11 is 0. The van der Waals surface area contributed by atoms with Crippen molar-refractivity contribution in [3.8, 4) is 0 Å². The maximum absolute atomic E-state index is 12.3. The van der Waals surface area contributed by atoms with Crippen LogP contribution in [0, 0.1) is 5.41 Å². The molecule has 0 bridgehead atoms. The lowest BCUT2D eigenvalue weighted by Crippen LogP contribution is -2.53. The van der Waals surface area contributed by atoms with E-state index in [2.05, 4.69) is 4.72 Å². The number of carboxylic acid groups (broad SMARTS) is 1. The molecule has 7 nitrogen and oxygen atoms in total. The average Bonchev–Trinajstić information content (AvgIpc) is 2.21. The molecule has 0 radical (unpaired) electrons. The molecule has 20 heavy (non-hydrogen) atoms. The molecule has 0 saturated heterocycles. The van der Waals surface area contributed by atoms with Gasteiger partial charge in [0, 0.05) is 20.0 Å². The van der Waals surface area contributed by atoms with E-state index >= 15 is 0 Å². The second kappa shape index (κ2) is 7.03. The molecule has 0 rings (SSSR count). The quantitative estimate of drug-likeness (QED) is 0.703. The van der Waals surface area contributed by atoms with Gasteiger partial charge in [-0.05, 0) is 11.8 Å². The van der Waals surface area contributed by atoms with Crippen LogP contribution in [0.4, 0.5) is 0 Å². The first-order valence-electron chi connectivity index (χ1n) is 6.28. The summed E-state index contributed by atoms with van der Waals surface area (Å²) in [7, 11) is -1.98. The normalized spacial score (nSPS) is 13.8. The van der Waals surface area contributed by atoms with E-state index in [1.807, 2.05) is 0 Å². The van der Waals surface area contributed by atoms with Gasteiger partial charge in [0.25, 0.3) is 0 Å². The first-order chi connectivity index (χ1) is 8.84. The Labute approximate surface area is 120 Å². The Morgan fingerprint density at radius 2 is 1.80 bits per heavy atom. The molecule has 0 aliphatic heterocycles. The van der Waals surface area contributed by atoms with Gasteiger partial charge in [0.1, 0.15) is 6.04 Å². The zero-order chi connectivity index (χ0) is 16.1. The average molecular weight is 308 g/mol. The molecule has 0 spiro atoms. The minimum Gasteiger partial charge on any atom is -0.481 e. The van der Waals surface area contributed by atoms with Crippen molar-refractivity contribution < 1.29 is 23.1 Å². The molecule has 1 unspecified atom stereocenters. The van der Waals surface area contributed by atoms with Crippen molar-refractivity contribution in [1.82, 2.24) is 9.62 Å². The summed E-state index contributed by atoms with van der Waals surface area (Å²) in [5, 5.41) is 8.56. The van der Waals surface area contributed by atoms with Crippen molar-refractivity contribution in [2.75, 3.05) is 19.8 Å². The Morgan fingerprint density at radius 1 is 1.30 bits per heavy atom. The van der Waals surface area contributed by atoms with E-state index < -0.39 is 27.4 Å². The van der Waals surface area contributed by atoms with Gasteiger partial charge in [0.2, 0.25) is 15.9 Å². The number of sulfonamides is 1. The van der Waals surface area contributed by atoms with Crippen molar-refractivity contribution in [3.63, 3.8) is 0 Å². The van der Waals surface area contributed by atoms with Crippen molar-refractivity contribution in [3.05, 3.63) is 0 Å². The molecule has 2 N–H and O–H groups in total. The molecule has 0 aliphatic carbocycles. The summed E-state index contributed by atoms with van der Waals surface area (Å²) in [6, 6.07) is -0.882. The minimum atomic E-state index is -3.51. The zero-order valence-corrected chi connectivity index (χ0v) is 13.5. The van der Waals surface area contributed by atoms with Gasteiger partial charge in [0.05, 0.1) is 6.26 Å². The van der Waals surface area contributed by atoms with E-state index in [9.17, 15) is 18.0 Å². The molecule has 0 aromatic rings. The first-order valence-corrected chi connectivity index (χ1v) is 8.18. The summed E-state index contributed by atoms with van der Waals surface area (Å²) in [6.45, 7) is 5.56. The second-order valence-electron chi connectivity index (χ2n) is 5.95. The number of aliphatic carboxylic acids is 1. The predicted molar refractivity (Wildman–Crippen MR) is 75.7 cm³/mol. The van der Waals surface area contributed by atoms with E-state index in [4.69, 9.17) is 5.11 Å². The van der Waals surface area contributed by atoms with Crippen LogP contribution in [0.15, 0.2) is 0 Å². The molecule has 0 aliphatic rings. The van der Waals surface area contributed by atoms with E-state index in [-0.39, 0.29) is 18.9 Å². The van der Waals surface area contributed by atoms with Crippen LogP contribution in [0.5, 0.6) is 0 Å². The van der Waals surface area contributed by atoms with E-state index in [1.165, 1.54) is 11.9 Å². The molecule has 0 aromatic carbocycles. The number of rotatable bonds is 7. The van der Waals surface area contributed by atoms with Crippen LogP contribution in [0.1, 0.15) is 33.6 Å².